The fourth-order valence-electron chi connectivity index (χ4n) is 2.49. The van der Waals surface area contributed by atoms with Gasteiger partial charge in [-0.3, -0.25) is 0 Å². The summed E-state index contributed by atoms with van der Waals surface area (Å²) in [5.74, 6) is 0. The summed E-state index contributed by atoms with van der Waals surface area (Å²) in [6.07, 6.45) is 6.47. The molecule has 0 aliphatic heterocycles. The van der Waals surface area contributed by atoms with Gasteiger partial charge in [-0.15, -0.1) is 0 Å². The molecule has 3 rings (SSSR count). The Morgan fingerprint density at radius 2 is 1.52 bits per heavy atom. The van der Waals surface area contributed by atoms with Crippen LogP contribution in [-0.4, -0.2) is 10.8 Å². The van der Waals surface area contributed by atoms with E-state index < -0.39 is 0 Å². The number of hydrogen-bond acceptors (Lipinski definition) is 1. The van der Waals surface area contributed by atoms with Crippen molar-refractivity contribution < 1.29 is 4.57 Å². The fourth-order valence-corrected chi connectivity index (χ4v) is 3.21. The molecule has 0 aliphatic rings. The third-order valence-electron chi connectivity index (χ3n) is 3.49. The molecule has 2 aromatic carbocycles. The Kier molecular flexibility index (Phi) is 4.41. The lowest BCUT2D eigenvalue weighted by Crippen LogP contribution is -2.35. The van der Waals surface area contributed by atoms with Gasteiger partial charge in [-0.2, -0.15) is 0 Å². The molecule has 0 radical (unpaired) electrons. The Morgan fingerprint density at radius 3 is 2.14 bits per heavy atom. The van der Waals surface area contributed by atoms with E-state index in [4.69, 9.17) is 0 Å². The van der Waals surface area contributed by atoms with Crippen LogP contribution < -0.4 is 4.57 Å². The first-order valence-corrected chi connectivity index (χ1v) is 8.29. The average Bonchev–Trinajstić information content (AvgIpc) is 2.91. The zero-order chi connectivity index (χ0) is 14.5. The van der Waals surface area contributed by atoms with Gasteiger partial charge in [0.1, 0.15) is 25.5 Å². The molecule has 0 spiro atoms. The van der Waals surface area contributed by atoms with Crippen LogP contribution in [0.25, 0.3) is 0 Å². The number of thioether (sulfide) groups is 1. The molecule has 0 N–H and O–H groups in total. The molecule has 106 valence electrons. The van der Waals surface area contributed by atoms with Crippen molar-refractivity contribution in [3.63, 3.8) is 0 Å². The van der Waals surface area contributed by atoms with Crippen LogP contribution >= 0.6 is 11.8 Å². The second-order valence-corrected chi connectivity index (χ2v) is 5.79. The quantitative estimate of drug-likeness (QED) is 0.516. The summed E-state index contributed by atoms with van der Waals surface area (Å²) in [7, 11) is 0. The molecule has 0 fully saturated rings. The first kappa shape index (κ1) is 14.0. The second kappa shape index (κ2) is 6.64. The number of benzene rings is 2. The fraction of sp³-hybridized carbons (Fsp3) is 0.167. The molecule has 1 aromatic heterocycles. The van der Waals surface area contributed by atoms with Gasteiger partial charge in [0.15, 0.2) is 0 Å². The Morgan fingerprint density at radius 1 is 0.905 bits per heavy atom. The van der Waals surface area contributed by atoms with Gasteiger partial charge in [0.05, 0.1) is 0 Å². The van der Waals surface area contributed by atoms with E-state index in [2.05, 4.69) is 88.4 Å². The van der Waals surface area contributed by atoms with Crippen molar-refractivity contribution in [1.82, 2.24) is 4.57 Å². The van der Waals surface area contributed by atoms with Crippen molar-refractivity contribution in [2.75, 3.05) is 6.26 Å². The van der Waals surface area contributed by atoms with Crippen LogP contribution in [0.1, 0.15) is 11.1 Å². The van der Waals surface area contributed by atoms with Gasteiger partial charge in [0.25, 0.3) is 0 Å². The lowest BCUT2D eigenvalue weighted by molar-refractivity contribution is -0.725. The van der Waals surface area contributed by atoms with Crippen LogP contribution in [0, 0.1) is 0 Å². The van der Waals surface area contributed by atoms with E-state index in [0.29, 0.717) is 0 Å². The monoisotopic (exact) mass is 295 g/mol. The van der Waals surface area contributed by atoms with E-state index in [9.17, 15) is 0 Å². The Bertz CT molecular complexity index is 631. The van der Waals surface area contributed by atoms with Crippen molar-refractivity contribution in [3.05, 3.63) is 84.2 Å². The van der Waals surface area contributed by atoms with Crippen LogP contribution in [0.2, 0.25) is 0 Å². The molecule has 0 atom stereocenters. The first-order chi connectivity index (χ1) is 10.4. The SMILES string of the molecule is CSc1n(Cc2ccccc2)cc[n+]1Cc1ccccc1. The van der Waals surface area contributed by atoms with Crippen molar-refractivity contribution in [2.24, 2.45) is 0 Å². The molecule has 0 aliphatic carbocycles. The van der Waals surface area contributed by atoms with Crippen molar-refractivity contribution in [1.29, 1.82) is 0 Å². The molecular formula is C18H19N2S+. The van der Waals surface area contributed by atoms with Crippen LogP contribution in [-0.2, 0) is 13.1 Å². The zero-order valence-electron chi connectivity index (χ0n) is 12.1. The molecule has 0 bridgehead atoms. The summed E-state index contributed by atoms with van der Waals surface area (Å²) in [5.41, 5.74) is 2.66. The molecule has 2 nitrogen and oxygen atoms in total. The zero-order valence-corrected chi connectivity index (χ0v) is 13.0. The van der Waals surface area contributed by atoms with Crippen LogP contribution in [0.15, 0.2) is 78.2 Å². The maximum absolute atomic E-state index is 2.31. The van der Waals surface area contributed by atoms with Gasteiger partial charge in [-0.05, 0) is 29.1 Å². The van der Waals surface area contributed by atoms with E-state index in [1.165, 1.54) is 16.3 Å². The average molecular weight is 295 g/mol. The minimum absolute atomic E-state index is 0.915. The maximum Gasteiger partial charge on any atom is 0.318 e. The standard InChI is InChI=1S/C18H19N2S/c1-21-18-19(14-16-8-4-2-5-9-16)12-13-20(18)15-17-10-6-3-7-11-17/h2-13H,14-15H2,1H3/q+1. The summed E-state index contributed by atoms with van der Waals surface area (Å²) in [4.78, 5) is 0. The largest absolute Gasteiger partial charge is 0.318 e. The number of rotatable bonds is 5. The molecule has 0 saturated carbocycles. The highest BCUT2D eigenvalue weighted by Gasteiger charge is 2.16. The predicted molar refractivity (Wildman–Crippen MR) is 87.5 cm³/mol. The Balaban J connectivity index is 1.83. The summed E-state index contributed by atoms with van der Waals surface area (Å²) in [5, 5.41) is 1.28. The van der Waals surface area contributed by atoms with E-state index >= 15 is 0 Å². The molecule has 1 heterocycles. The minimum Gasteiger partial charge on any atom is -0.220 e. The van der Waals surface area contributed by atoms with Crippen LogP contribution in [0.5, 0.6) is 0 Å². The summed E-state index contributed by atoms with van der Waals surface area (Å²) in [6, 6.07) is 21.2. The van der Waals surface area contributed by atoms with Gasteiger partial charge >= 0.3 is 5.16 Å². The van der Waals surface area contributed by atoms with Gasteiger partial charge in [-0.1, -0.05) is 60.7 Å². The van der Waals surface area contributed by atoms with E-state index in [1.54, 1.807) is 11.8 Å². The summed E-state index contributed by atoms with van der Waals surface area (Å²) in [6.45, 7) is 1.83. The molecule has 3 heteroatoms. The lowest BCUT2D eigenvalue weighted by Gasteiger charge is -2.03. The summed E-state index contributed by atoms with van der Waals surface area (Å²) < 4.78 is 4.62. The first-order valence-electron chi connectivity index (χ1n) is 7.07. The predicted octanol–water partition coefficient (Wildman–Crippen LogP) is 3.59. The van der Waals surface area contributed by atoms with Crippen LogP contribution in [0.4, 0.5) is 0 Å². The molecule has 0 amide bonds. The third-order valence-corrected chi connectivity index (χ3v) is 4.33. The number of aromatic nitrogens is 2. The topological polar surface area (TPSA) is 8.81 Å². The number of nitrogens with zero attached hydrogens (tertiary/aromatic N) is 2. The van der Waals surface area contributed by atoms with E-state index in [0.717, 1.165) is 13.1 Å². The van der Waals surface area contributed by atoms with Gasteiger partial charge in [-0.25, -0.2) is 9.13 Å². The van der Waals surface area contributed by atoms with E-state index in [1.807, 2.05) is 0 Å². The normalized spacial score (nSPS) is 10.7. The van der Waals surface area contributed by atoms with Crippen molar-refractivity contribution in [3.8, 4) is 0 Å². The molecular weight excluding hydrogens is 276 g/mol. The highest BCUT2D eigenvalue weighted by atomic mass is 32.2. The molecule has 21 heavy (non-hydrogen) atoms. The lowest BCUT2D eigenvalue weighted by atomic mass is 10.2. The van der Waals surface area contributed by atoms with E-state index in [-0.39, 0.29) is 0 Å². The Labute approximate surface area is 130 Å². The third kappa shape index (κ3) is 3.37. The second-order valence-electron chi connectivity index (χ2n) is 5.01. The Hall–Kier alpha value is -2.00. The van der Waals surface area contributed by atoms with Crippen LogP contribution in [0.3, 0.4) is 0 Å². The molecule has 0 saturated heterocycles. The van der Waals surface area contributed by atoms with Gasteiger partial charge in [0.2, 0.25) is 0 Å². The van der Waals surface area contributed by atoms with Crippen molar-refractivity contribution in [2.45, 2.75) is 18.2 Å². The highest BCUT2D eigenvalue weighted by molar-refractivity contribution is 7.98. The maximum atomic E-state index is 2.31. The number of hydrogen-bond donors (Lipinski definition) is 0. The smallest absolute Gasteiger partial charge is 0.220 e. The number of imidazole rings is 1. The van der Waals surface area contributed by atoms with Gasteiger partial charge in [0, 0.05) is 0 Å². The highest BCUT2D eigenvalue weighted by Crippen LogP contribution is 2.13. The minimum atomic E-state index is 0.915. The molecule has 3 aromatic rings. The van der Waals surface area contributed by atoms with Gasteiger partial charge < -0.3 is 0 Å². The van der Waals surface area contributed by atoms with Crippen molar-refractivity contribution >= 4 is 11.8 Å². The summed E-state index contributed by atoms with van der Waals surface area (Å²) >= 11 is 1.79. The molecule has 0 unspecified atom stereocenters.